The first-order valence-corrected chi connectivity index (χ1v) is 15.9. The maximum Gasteiger partial charge on any atom is 0.325 e. The van der Waals surface area contributed by atoms with Gasteiger partial charge in [-0.25, -0.2) is 0 Å². The van der Waals surface area contributed by atoms with Gasteiger partial charge in [0.2, 0.25) is 5.91 Å². The van der Waals surface area contributed by atoms with E-state index in [9.17, 15) is 14.2 Å². The third-order valence-corrected chi connectivity index (χ3v) is 5.80. The highest BCUT2D eigenvalue weighted by Gasteiger charge is 2.08. The number of hydrogen-bond acceptors (Lipinski definition) is 10. The van der Waals surface area contributed by atoms with Gasteiger partial charge in [-0.05, 0) is 19.1 Å². The molecular weight excluding hydrogens is 513 g/mol. The van der Waals surface area contributed by atoms with E-state index in [1.54, 1.807) is 11.8 Å². The third kappa shape index (κ3) is 29.5. The number of carbonyl (C=O) groups excluding carboxylic acids is 2. The monoisotopic (exact) mass is 559 g/mol. The van der Waals surface area contributed by atoms with Gasteiger partial charge in [-0.15, -0.1) is 0 Å². The highest BCUT2D eigenvalue weighted by atomic mass is 32.2. The van der Waals surface area contributed by atoms with Crippen molar-refractivity contribution in [1.29, 1.82) is 0 Å². The first-order chi connectivity index (χ1) is 17.3. The lowest BCUT2D eigenvalue weighted by molar-refractivity contribution is -0.144. The van der Waals surface area contributed by atoms with E-state index in [1.165, 1.54) is 6.66 Å². The molecule has 1 unspecified atom stereocenters. The maximum atomic E-state index is 11.8. The van der Waals surface area contributed by atoms with Gasteiger partial charge in [0.1, 0.15) is 6.61 Å². The molecule has 11 nitrogen and oxygen atoms in total. The summed E-state index contributed by atoms with van der Waals surface area (Å²) in [5, 5.41) is 2.69. The Bertz CT molecular complexity index is 579. The number of esters is 1. The molecule has 1 atom stereocenters. The summed E-state index contributed by atoms with van der Waals surface area (Å²) in [4.78, 5) is 32.4. The Morgan fingerprint density at radius 1 is 0.750 bits per heavy atom. The van der Waals surface area contributed by atoms with Crippen LogP contribution in [-0.4, -0.2) is 108 Å². The number of ether oxygens (including phenoxy) is 5. The predicted octanol–water partition coefficient (Wildman–Crippen LogP) is 2.64. The minimum atomic E-state index is -3.38. The average molecular weight is 560 g/mol. The molecule has 0 aromatic rings. The van der Waals surface area contributed by atoms with Gasteiger partial charge in [0.25, 0.3) is 0 Å². The van der Waals surface area contributed by atoms with Crippen molar-refractivity contribution in [3.8, 4) is 0 Å². The van der Waals surface area contributed by atoms with Crippen LogP contribution in [0.15, 0.2) is 0 Å². The Kier molecular flexibility index (Phi) is 25.4. The molecule has 36 heavy (non-hydrogen) atoms. The summed E-state index contributed by atoms with van der Waals surface area (Å²) in [6, 6.07) is 0. The summed E-state index contributed by atoms with van der Waals surface area (Å²) in [7, 11) is -3.38. The van der Waals surface area contributed by atoms with Gasteiger partial charge in [0.05, 0.1) is 66.0 Å². The van der Waals surface area contributed by atoms with Crippen molar-refractivity contribution in [3.05, 3.63) is 0 Å². The molecule has 0 bridgehead atoms. The zero-order chi connectivity index (χ0) is 26.7. The quantitative estimate of drug-likeness (QED) is 0.0872. The minimum absolute atomic E-state index is 0.140. The van der Waals surface area contributed by atoms with Gasteiger partial charge >= 0.3 is 13.6 Å². The van der Waals surface area contributed by atoms with E-state index in [2.05, 4.69) is 5.32 Å². The van der Waals surface area contributed by atoms with Gasteiger partial charge in [-0.2, -0.15) is 11.8 Å². The molecule has 1 amide bonds. The Hall–Kier alpha value is -0.720. The van der Waals surface area contributed by atoms with Crippen LogP contribution in [0.3, 0.4) is 0 Å². The zero-order valence-electron chi connectivity index (χ0n) is 21.9. The Morgan fingerprint density at radius 2 is 1.31 bits per heavy atom. The fourth-order valence-corrected chi connectivity index (χ4v) is 3.47. The molecule has 0 fully saturated rings. The van der Waals surface area contributed by atoms with Crippen LogP contribution >= 0.6 is 19.4 Å². The summed E-state index contributed by atoms with van der Waals surface area (Å²) in [6.07, 6.45) is 6.71. The molecule has 0 aliphatic rings. The largest absolute Gasteiger partial charge is 0.464 e. The van der Waals surface area contributed by atoms with Crippen molar-refractivity contribution in [3.63, 3.8) is 0 Å². The van der Waals surface area contributed by atoms with E-state index in [-0.39, 0.29) is 38.1 Å². The molecule has 0 aliphatic heterocycles. The number of carbonyl (C=O) groups is 2. The molecule has 0 aromatic heterocycles. The smallest absolute Gasteiger partial charge is 0.325 e. The van der Waals surface area contributed by atoms with E-state index >= 15 is 0 Å². The molecule has 0 saturated heterocycles. The maximum absolute atomic E-state index is 11.8. The second-order valence-electron chi connectivity index (χ2n) is 7.92. The van der Waals surface area contributed by atoms with Crippen LogP contribution in [0.1, 0.15) is 44.9 Å². The number of unbranched alkanes of at least 4 members (excludes halogenated alkanes) is 4. The molecule has 0 aliphatic carbocycles. The van der Waals surface area contributed by atoms with Crippen molar-refractivity contribution in [1.82, 2.24) is 5.32 Å². The molecule has 0 saturated carbocycles. The fourth-order valence-electron chi connectivity index (χ4n) is 2.72. The summed E-state index contributed by atoms with van der Waals surface area (Å²) in [6.45, 7) is 5.85. The molecule has 0 heterocycles. The molecule has 0 spiro atoms. The van der Waals surface area contributed by atoms with Gasteiger partial charge in [0, 0.05) is 25.3 Å². The van der Waals surface area contributed by atoms with Gasteiger partial charge in [-0.3, -0.25) is 14.2 Å². The first-order valence-electron chi connectivity index (χ1n) is 12.5. The van der Waals surface area contributed by atoms with Crippen molar-refractivity contribution in [2.24, 2.45) is 0 Å². The normalized spacial score (nSPS) is 12.9. The zero-order valence-corrected chi connectivity index (χ0v) is 23.6. The predicted molar refractivity (Wildman–Crippen MR) is 140 cm³/mol. The van der Waals surface area contributed by atoms with E-state index in [0.717, 1.165) is 38.0 Å². The number of rotatable bonds is 27. The molecule has 214 valence electrons. The molecular formula is C23H46NO10PS. The van der Waals surface area contributed by atoms with Crippen molar-refractivity contribution < 1.29 is 47.3 Å². The molecule has 0 radical (unpaired) electrons. The highest BCUT2D eigenvalue weighted by molar-refractivity contribution is 7.98. The first kappa shape index (κ1) is 35.3. The Morgan fingerprint density at radius 3 is 1.92 bits per heavy atom. The van der Waals surface area contributed by atoms with E-state index in [4.69, 9.17) is 33.1 Å². The Labute approximate surface area is 220 Å². The number of amides is 1. The molecule has 0 aromatic carbocycles. The van der Waals surface area contributed by atoms with Crippen LogP contribution in [0.4, 0.5) is 0 Å². The lowest BCUT2D eigenvalue weighted by Gasteiger charge is -2.08. The number of nitrogens with one attached hydrogen (secondary N) is 1. The van der Waals surface area contributed by atoms with Gasteiger partial charge in [0.15, 0.2) is 0 Å². The average Bonchev–Trinajstić information content (AvgIpc) is 2.83. The van der Waals surface area contributed by atoms with E-state index in [1.807, 2.05) is 6.26 Å². The topological polar surface area (TPSA) is 139 Å². The molecule has 2 N–H and O–H groups in total. The minimum Gasteiger partial charge on any atom is -0.464 e. The van der Waals surface area contributed by atoms with Gasteiger partial charge < -0.3 is 38.4 Å². The second-order valence-corrected chi connectivity index (χ2v) is 10.8. The molecule has 0 rings (SSSR count). The standard InChI is InChI=1S/C23H46NO10PS/c1-35(27,28)34-11-7-5-3-4-6-8-23(26)33-13-10-24-22(25)9-12-29-14-15-30-16-17-31-18-19-32-20-21-36-2/h3-21H2,1-2H3,(H,24,25)(H,27,28). The lowest BCUT2D eigenvalue weighted by Crippen LogP contribution is -2.28. The van der Waals surface area contributed by atoms with Crippen LogP contribution in [-0.2, 0) is 42.4 Å². The summed E-state index contributed by atoms with van der Waals surface area (Å²) >= 11 is 1.75. The van der Waals surface area contributed by atoms with E-state index < -0.39 is 7.60 Å². The van der Waals surface area contributed by atoms with Crippen molar-refractivity contribution in [2.75, 3.05) is 91.3 Å². The Balaban J connectivity index is 3.31. The van der Waals surface area contributed by atoms with Crippen LogP contribution in [0, 0.1) is 0 Å². The highest BCUT2D eigenvalue weighted by Crippen LogP contribution is 2.36. The van der Waals surface area contributed by atoms with E-state index in [0.29, 0.717) is 59.1 Å². The fraction of sp³-hybridized carbons (Fsp3) is 0.913. The number of thioether (sulfide) groups is 1. The lowest BCUT2D eigenvalue weighted by atomic mass is 10.1. The van der Waals surface area contributed by atoms with Crippen LogP contribution in [0.2, 0.25) is 0 Å². The van der Waals surface area contributed by atoms with Crippen LogP contribution in [0.5, 0.6) is 0 Å². The van der Waals surface area contributed by atoms with Crippen molar-refractivity contribution in [2.45, 2.75) is 44.9 Å². The van der Waals surface area contributed by atoms with Gasteiger partial charge in [-0.1, -0.05) is 19.3 Å². The van der Waals surface area contributed by atoms with Crippen LogP contribution < -0.4 is 5.32 Å². The SMILES string of the molecule is CSCCOCCOCCOCCOCCC(=O)NCCOC(=O)CCCCCCCOP(C)(=O)O. The van der Waals surface area contributed by atoms with Crippen LogP contribution in [0.25, 0.3) is 0 Å². The molecule has 13 heteroatoms. The number of hydrogen-bond donors (Lipinski definition) is 2. The summed E-state index contributed by atoms with van der Waals surface area (Å²) in [5.74, 6) is 0.540. The third-order valence-electron chi connectivity index (χ3n) is 4.56. The second kappa shape index (κ2) is 25.9. The van der Waals surface area contributed by atoms with Crippen molar-refractivity contribution >= 4 is 31.2 Å². The summed E-state index contributed by atoms with van der Waals surface area (Å²) in [5.41, 5.74) is 0. The summed E-state index contributed by atoms with van der Waals surface area (Å²) < 4.78 is 42.4.